The number of hydrogen-bond donors (Lipinski definition) is 3. The molecule has 0 unspecified atom stereocenters. The van der Waals surface area contributed by atoms with Gasteiger partial charge in [0, 0.05) is 23.6 Å². The number of halogens is 1. The molecule has 0 atom stereocenters. The number of nitrogens with one attached hydrogen (secondary N) is 2. The number of aryl methyl sites for hydroxylation is 2. The highest BCUT2D eigenvalue weighted by atomic mass is 35.5. The molecular weight excluding hydrogens is 340 g/mol. The summed E-state index contributed by atoms with van der Waals surface area (Å²) in [6.45, 7) is 0.380. The molecular formula is C19H21ClN2O3. The summed E-state index contributed by atoms with van der Waals surface area (Å²) < 4.78 is 0. The zero-order valence-electron chi connectivity index (χ0n) is 13.8. The molecule has 2 amide bonds. The van der Waals surface area contributed by atoms with E-state index < -0.39 is 5.91 Å². The molecule has 0 saturated heterocycles. The van der Waals surface area contributed by atoms with Gasteiger partial charge in [-0.25, -0.2) is 5.48 Å². The predicted molar refractivity (Wildman–Crippen MR) is 96.8 cm³/mol. The number of benzene rings is 2. The first kappa shape index (κ1) is 19.0. The van der Waals surface area contributed by atoms with Gasteiger partial charge in [0.25, 0.3) is 5.91 Å². The zero-order chi connectivity index (χ0) is 18.1. The Morgan fingerprint density at radius 3 is 2.04 bits per heavy atom. The molecule has 0 aliphatic heterocycles. The summed E-state index contributed by atoms with van der Waals surface area (Å²) in [5.41, 5.74) is 4.52. The predicted octanol–water partition coefficient (Wildman–Crippen LogP) is 3.14. The van der Waals surface area contributed by atoms with Gasteiger partial charge in [0.05, 0.1) is 0 Å². The molecule has 2 aromatic rings. The fourth-order valence-electron chi connectivity index (χ4n) is 2.37. The van der Waals surface area contributed by atoms with Crippen LogP contribution in [0, 0.1) is 0 Å². The van der Waals surface area contributed by atoms with Crippen molar-refractivity contribution in [3.05, 3.63) is 70.2 Å². The average molecular weight is 361 g/mol. The summed E-state index contributed by atoms with van der Waals surface area (Å²) in [6, 6.07) is 15.3. The smallest absolute Gasteiger partial charge is 0.251 e. The average Bonchev–Trinajstić information content (AvgIpc) is 2.64. The first-order chi connectivity index (χ1) is 12.1. The standard InChI is InChI=1S/C19H21ClN2O3/c20-17-11-7-15(8-12-17)4-3-14-5-9-16(10-6-14)19(24)21-13-1-2-18(23)22-25/h5-12,25H,1-4,13H2,(H,21,24)(H,22,23). The number of amides is 2. The minimum absolute atomic E-state index is 0.167. The van der Waals surface area contributed by atoms with Crippen molar-refractivity contribution in [2.24, 2.45) is 0 Å². The van der Waals surface area contributed by atoms with Crippen LogP contribution in [0.1, 0.15) is 34.3 Å². The van der Waals surface area contributed by atoms with E-state index in [4.69, 9.17) is 16.8 Å². The molecule has 0 spiro atoms. The monoisotopic (exact) mass is 360 g/mol. The maximum atomic E-state index is 12.0. The van der Waals surface area contributed by atoms with Gasteiger partial charge >= 0.3 is 0 Å². The van der Waals surface area contributed by atoms with Crippen LogP contribution in [0.5, 0.6) is 0 Å². The molecule has 0 fully saturated rings. The summed E-state index contributed by atoms with van der Waals surface area (Å²) in [5.74, 6) is -0.632. The van der Waals surface area contributed by atoms with E-state index in [1.54, 1.807) is 17.6 Å². The van der Waals surface area contributed by atoms with E-state index in [9.17, 15) is 9.59 Å². The van der Waals surface area contributed by atoms with Gasteiger partial charge in [-0.2, -0.15) is 0 Å². The van der Waals surface area contributed by atoms with Crippen LogP contribution >= 0.6 is 11.6 Å². The fraction of sp³-hybridized carbons (Fsp3) is 0.263. The zero-order valence-corrected chi connectivity index (χ0v) is 14.6. The van der Waals surface area contributed by atoms with Crippen LogP contribution in [0.2, 0.25) is 5.02 Å². The van der Waals surface area contributed by atoms with Crippen molar-refractivity contribution in [1.82, 2.24) is 10.8 Å². The third-order valence-corrected chi connectivity index (χ3v) is 4.07. The van der Waals surface area contributed by atoms with Crippen LogP contribution in [0.25, 0.3) is 0 Å². The number of carbonyl (C=O) groups is 2. The fourth-order valence-corrected chi connectivity index (χ4v) is 2.50. The maximum absolute atomic E-state index is 12.0. The lowest BCUT2D eigenvalue weighted by Crippen LogP contribution is -2.26. The van der Waals surface area contributed by atoms with Gasteiger partial charge in [-0.1, -0.05) is 35.9 Å². The first-order valence-corrected chi connectivity index (χ1v) is 8.51. The minimum atomic E-state index is -0.459. The summed E-state index contributed by atoms with van der Waals surface area (Å²) in [6.07, 6.45) is 2.44. The van der Waals surface area contributed by atoms with Gasteiger partial charge in [-0.05, 0) is 54.7 Å². The number of hydrogen-bond acceptors (Lipinski definition) is 3. The van der Waals surface area contributed by atoms with E-state index in [2.05, 4.69) is 5.32 Å². The largest absolute Gasteiger partial charge is 0.352 e. The molecule has 0 aliphatic rings. The Balaban J connectivity index is 1.77. The van der Waals surface area contributed by atoms with E-state index in [-0.39, 0.29) is 12.3 Å². The second-order valence-corrected chi connectivity index (χ2v) is 6.15. The number of carbonyl (C=O) groups excluding carboxylic acids is 2. The SMILES string of the molecule is O=C(CCCNC(=O)c1ccc(CCc2ccc(Cl)cc2)cc1)NO. The molecule has 0 heterocycles. The number of rotatable bonds is 8. The van der Waals surface area contributed by atoms with Crippen molar-refractivity contribution >= 4 is 23.4 Å². The van der Waals surface area contributed by atoms with Crippen LogP contribution in [-0.4, -0.2) is 23.6 Å². The van der Waals surface area contributed by atoms with E-state index >= 15 is 0 Å². The third kappa shape index (κ3) is 6.57. The molecule has 132 valence electrons. The maximum Gasteiger partial charge on any atom is 0.251 e. The summed E-state index contributed by atoms with van der Waals surface area (Å²) in [5, 5.41) is 11.9. The molecule has 0 aromatic heterocycles. The van der Waals surface area contributed by atoms with E-state index in [0.717, 1.165) is 23.4 Å². The van der Waals surface area contributed by atoms with Crippen LogP contribution < -0.4 is 10.8 Å². The van der Waals surface area contributed by atoms with Crippen LogP contribution in [0.15, 0.2) is 48.5 Å². The third-order valence-electron chi connectivity index (χ3n) is 3.82. The van der Waals surface area contributed by atoms with Crippen molar-refractivity contribution in [2.75, 3.05) is 6.54 Å². The van der Waals surface area contributed by atoms with Gasteiger partial charge in [-0.3, -0.25) is 14.8 Å². The van der Waals surface area contributed by atoms with E-state index in [0.29, 0.717) is 18.5 Å². The molecule has 3 N–H and O–H groups in total. The highest BCUT2D eigenvalue weighted by molar-refractivity contribution is 6.30. The van der Waals surface area contributed by atoms with Crippen molar-refractivity contribution < 1.29 is 14.8 Å². The summed E-state index contributed by atoms with van der Waals surface area (Å²) in [4.78, 5) is 22.9. The van der Waals surface area contributed by atoms with Crippen molar-refractivity contribution in [2.45, 2.75) is 25.7 Å². The Labute approximate surface area is 152 Å². The van der Waals surface area contributed by atoms with Crippen molar-refractivity contribution in [3.63, 3.8) is 0 Å². The Kier molecular flexibility index (Phi) is 7.44. The molecule has 5 nitrogen and oxygen atoms in total. The van der Waals surface area contributed by atoms with Crippen LogP contribution in [0.4, 0.5) is 0 Å². The highest BCUT2D eigenvalue weighted by Gasteiger charge is 2.06. The summed E-state index contributed by atoms with van der Waals surface area (Å²) >= 11 is 5.88. The quantitative estimate of drug-likeness (QED) is 0.384. The lowest BCUT2D eigenvalue weighted by molar-refractivity contribution is -0.129. The molecule has 25 heavy (non-hydrogen) atoms. The van der Waals surface area contributed by atoms with Crippen molar-refractivity contribution in [3.8, 4) is 0 Å². The Bertz CT molecular complexity index is 700. The normalized spacial score (nSPS) is 10.3. The van der Waals surface area contributed by atoms with E-state index in [1.807, 2.05) is 36.4 Å². The summed E-state index contributed by atoms with van der Waals surface area (Å²) in [7, 11) is 0. The van der Waals surface area contributed by atoms with E-state index in [1.165, 1.54) is 5.56 Å². The Morgan fingerprint density at radius 2 is 1.48 bits per heavy atom. The molecule has 2 aromatic carbocycles. The van der Waals surface area contributed by atoms with Crippen molar-refractivity contribution in [1.29, 1.82) is 0 Å². The Hall–Kier alpha value is -2.37. The molecule has 0 bridgehead atoms. The molecule has 2 rings (SSSR count). The minimum Gasteiger partial charge on any atom is -0.352 e. The van der Waals surface area contributed by atoms with Gasteiger partial charge in [0.2, 0.25) is 5.91 Å². The molecule has 0 radical (unpaired) electrons. The number of hydroxylamine groups is 1. The lowest BCUT2D eigenvalue weighted by atomic mass is 10.0. The Morgan fingerprint density at radius 1 is 0.920 bits per heavy atom. The molecule has 6 heteroatoms. The highest BCUT2D eigenvalue weighted by Crippen LogP contribution is 2.13. The topological polar surface area (TPSA) is 78.4 Å². The van der Waals surface area contributed by atoms with Crippen LogP contribution in [0.3, 0.4) is 0 Å². The van der Waals surface area contributed by atoms with Gasteiger partial charge < -0.3 is 5.32 Å². The molecule has 0 saturated carbocycles. The van der Waals surface area contributed by atoms with Gasteiger partial charge in [0.15, 0.2) is 0 Å². The molecule has 0 aliphatic carbocycles. The van der Waals surface area contributed by atoms with Gasteiger partial charge in [0.1, 0.15) is 0 Å². The second kappa shape index (κ2) is 9.81. The lowest BCUT2D eigenvalue weighted by Gasteiger charge is -2.06. The van der Waals surface area contributed by atoms with Crippen LogP contribution in [-0.2, 0) is 17.6 Å². The second-order valence-electron chi connectivity index (χ2n) is 5.72. The van der Waals surface area contributed by atoms with Gasteiger partial charge in [-0.15, -0.1) is 0 Å². The first-order valence-electron chi connectivity index (χ1n) is 8.13.